The highest BCUT2D eigenvalue weighted by Gasteiger charge is 2.18. The van der Waals surface area contributed by atoms with Gasteiger partial charge in [-0.25, -0.2) is 9.59 Å². The summed E-state index contributed by atoms with van der Waals surface area (Å²) in [5, 5.41) is 2.50. The Kier molecular flexibility index (Phi) is 7.34. The number of methoxy groups -OCH3 is 3. The van der Waals surface area contributed by atoms with E-state index in [0.717, 1.165) is 0 Å². The second-order valence-corrected chi connectivity index (χ2v) is 5.82. The molecule has 3 N–H and O–H groups in total. The minimum Gasteiger partial charge on any atom is -0.493 e. The van der Waals surface area contributed by atoms with Gasteiger partial charge < -0.3 is 30.0 Å². The maximum absolute atomic E-state index is 12.3. The third-order valence-corrected chi connectivity index (χ3v) is 3.87. The molecule has 0 aliphatic heterocycles. The van der Waals surface area contributed by atoms with Crippen LogP contribution in [0.5, 0.6) is 11.5 Å². The molecule has 0 aliphatic rings. The summed E-state index contributed by atoms with van der Waals surface area (Å²) in [5.74, 6) is -2.55. The summed E-state index contributed by atoms with van der Waals surface area (Å²) in [6.07, 6.45) is 0. The van der Waals surface area contributed by atoms with Crippen LogP contribution in [0.25, 0.3) is 0 Å². The zero-order valence-electron chi connectivity index (χ0n) is 16.5. The third kappa shape index (κ3) is 5.25. The molecule has 0 spiro atoms. The first-order valence-corrected chi connectivity index (χ1v) is 8.51. The molecule has 10 heteroatoms. The largest absolute Gasteiger partial charge is 0.493 e. The average Bonchev–Trinajstić information content (AvgIpc) is 2.75. The smallest absolute Gasteiger partial charge is 0.337 e. The predicted molar refractivity (Wildman–Crippen MR) is 105 cm³/mol. The summed E-state index contributed by atoms with van der Waals surface area (Å²) in [5.41, 5.74) is 5.59. The number of amides is 2. The summed E-state index contributed by atoms with van der Waals surface area (Å²) < 4.78 is 19.8. The molecule has 0 radical (unpaired) electrons. The maximum Gasteiger partial charge on any atom is 0.337 e. The topological polar surface area (TPSA) is 143 Å². The first-order chi connectivity index (χ1) is 14.3. The fourth-order valence-corrected chi connectivity index (χ4v) is 2.53. The molecule has 2 aromatic carbocycles. The van der Waals surface area contributed by atoms with Crippen LogP contribution >= 0.6 is 0 Å². The lowest BCUT2D eigenvalue weighted by Gasteiger charge is -2.14. The van der Waals surface area contributed by atoms with Gasteiger partial charge in [-0.3, -0.25) is 9.59 Å². The van der Waals surface area contributed by atoms with E-state index in [1.807, 2.05) is 0 Å². The van der Waals surface area contributed by atoms with Crippen molar-refractivity contribution in [1.29, 1.82) is 0 Å². The van der Waals surface area contributed by atoms with Crippen LogP contribution < -0.4 is 20.5 Å². The monoisotopic (exact) mass is 416 g/mol. The van der Waals surface area contributed by atoms with E-state index >= 15 is 0 Å². The molecule has 2 rings (SSSR count). The summed E-state index contributed by atoms with van der Waals surface area (Å²) in [6.45, 7) is -0.503. The lowest BCUT2D eigenvalue weighted by atomic mass is 10.1. The van der Waals surface area contributed by atoms with Crippen molar-refractivity contribution in [3.63, 3.8) is 0 Å². The van der Waals surface area contributed by atoms with E-state index < -0.39 is 30.4 Å². The molecule has 0 fully saturated rings. The van der Waals surface area contributed by atoms with Crippen LogP contribution in [0, 0.1) is 0 Å². The van der Waals surface area contributed by atoms with Crippen LogP contribution in [0.3, 0.4) is 0 Å². The fraction of sp³-hybridized carbons (Fsp3) is 0.200. The van der Waals surface area contributed by atoms with E-state index in [9.17, 15) is 19.2 Å². The number of benzene rings is 2. The van der Waals surface area contributed by atoms with Crippen molar-refractivity contribution >= 4 is 29.4 Å². The van der Waals surface area contributed by atoms with Crippen LogP contribution in [0.2, 0.25) is 0 Å². The van der Waals surface area contributed by atoms with Gasteiger partial charge in [0, 0.05) is 5.69 Å². The van der Waals surface area contributed by atoms with Crippen molar-refractivity contribution in [2.45, 2.75) is 0 Å². The number of carbonyl (C=O) groups is 4. The lowest BCUT2D eigenvalue weighted by Crippen LogP contribution is -2.22. The molecule has 0 unspecified atom stereocenters. The van der Waals surface area contributed by atoms with E-state index in [-0.39, 0.29) is 33.9 Å². The molecular formula is C20H20N2O8. The van der Waals surface area contributed by atoms with Crippen molar-refractivity contribution in [3.05, 3.63) is 53.1 Å². The number of esters is 2. The fourth-order valence-electron chi connectivity index (χ4n) is 2.53. The average molecular weight is 416 g/mol. The Balaban J connectivity index is 2.22. The summed E-state index contributed by atoms with van der Waals surface area (Å²) in [7, 11) is 3.74. The molecule has 0 heterocycles. The number of nitrogens with two attached hydrogens (primary N) is 1. The maximum atomic E-state index is 12.3. The van der Waals surface area contributed by atoms with Crippen LogP contribution in [0.15, 0.2) is 36.4 Å². The number of primary amides is 1. The molecule has 2 amide bonds. The molecule has 0 aliphatic carbocycles. The Bertz CT molecular complexity index is 953. The molecule has 0 atom stereocenters. The minimum atomic E-state index is -0.752. The summed E-state index contributed by atoms with van der Waals surface area (Å²) >= 11 is 0. The molecule has 0 bridgehead atoms. The van der Waals surface area contributed by atoms with Crippen molar-refractivity contribution < 1.29 is 38.1 Å². The van der Waals surface area contributed by atoms with Gasteiger partial charge >= 0.3 is 11.9 Å². The van der Waals surface area contributed by atoms with Crippen molar-refractivity contribution in [2.75, 3.05) is 33.3 Å². The van der Waals surface area contributed by atoms with Crippen molar-refractivity contribution in [2.24, 2.45) is 5.73 Å². The molecule has 158 valence electrons. The van der Waals surface area contributed by atoms with Gasteiger partial charge in [0.1, 0.15) is 0 Å². The van der Waals surface area contributed by atoms with Crippen molar-refractivity contribution in [1.82, 2.24) is 0 Å². The third-order valence-electron chi connectivity index (χ3n) is 3.87. The predicted octanol–water partition coefficient (Wildman–Crippen LogP) is 1.38. The molecule has 2 aromatic rings. The van der Waals surface area contributed by atoms with E-state index in [0.29, 0.717) is 0 Å². The normalized spacial score (nSPS) is 9.97. The van der Waals surface area contributed by atoms with Crippen LogP contribution in [-0.2, 0) is 14.3 Å². The highest BCUT2D eigenvalue weighted by molar-refractivity contribution is 6.00. The van der Waals surface area contributed by atoms with Crippen molar-refractivity contribution in [3.8, 4) is 11.5 Å². The van der Waals surface area contributed by atoms with Gasteiger partial charge in [-0.1, -0.05) is 6.07 Å². The SMILES string of the molecule is COC(=O)c1cc(NC(=O)COc2c(OC)cccc2C(N)=O)cc(C(=O)OC)c1. The molecule has 0 saturated heterocycles. The van der Waals surface area contributed by atoms with Gasteiger partial charge in [-0.15, -0.1) is 0 Å². The second-order valence-electron chi connectivity index (χ2n) is 5.82. The zero-order chi connectivity index (χ0) is 22.3. The quantitative estimate of drug-likeness (QED) is 0.615. The lowest BCUT2D eigenvalue weighted by molar-refractivity contribution is -0.118. The molecular weight excluding hydrogens is 396 g/mol. The van der Waals surface area contributed by atoms with Crippen LogP contribution in [0.1, 0.15) is 31.1 Å². The number of hydrogen-bond donors (Lipinski definition) is 2. The molecule has 0 saturated carbocycles. The Morgan fingerprint density at radius 2 is 1.53 bits per heavy atom. The van der Waals surface area contributed by atoms with Gasteiger partial charge in [-0.05, 0) is 30.3 Å². The first-order valence-electron chi connectivity index (χ1n) is 8.51. The number of carbonyl (C=O) groups excluding carboxylic acids is 4. The van der Waals surface area contributed by atoms with E-state index in [2.05, 4.69) is 14.8 Å². The van der Waals surface area contributed by atoms with Gasteiger partial charge in [-0.2, -0.15) is 0 Å². The summed E-state index contributed by atoms with van der Waals surface area (Å²) in [4.78, 5) is 47.6. The van der Waals surface area contributed by atoms with E-state index in [1.54, 1.807) is 12.1 Å². The first kappa shape index (κ1) is 22.2. The molecule has 0 aromatic heterocycles. The zero-order valence-corrected chi connectivity index (χ0v) is 16.5. The van der Waals surface area contributed by atoms with Crippen LogP contribution in [0.4, 0.5) is 5.69 Å². The summed E-state index contributed by atoms with van der Waals surface area (Å²) in [6, 6.07) is 8.46. The van der Waals surface area contributed by atoms with E-state index in [4.69, 9.17) is 15.2 Å². The number of anilines is 1. The number of para-hydroxylation sites is 1. The molecule has 30 heavy (non-hydrogen) atoms. The highest BCUT2D eigenvalue weighted by Crippen LogP contribution is 2.30. The minimum absolute atomic E-state index is 0.0150. The molecule has 10 nitrogen and oxygen atoms in total. The Labute approximate surface area is 171 Å². The number of hydrogen-bond acceptors (Lipinski definition) is 8. The Morgan fingerprint density at radius 3 is 2.03 bits per heavy atom. The van der Waals surface area contributed by atoms with Gasteiger partial charge in [0.05, 0.1) is 38.0 Å². The van der Waals surface area contributed by atoms with Gasteiger partial charge in [0.15, 0.2) is 18.1 Å². The highest BCUT2D eigenvalue weighted by atomic mass is 16.5. The second kappa shape index (κ2) is 9.92. The van der Waals surface area contributed by atoms with E-state index in [1.165, 1.54) is 45.6 Å². The standard InChI is InChI=1S/C20H20N2O8/c1-27-15-6-4-5-14(18(21)24)17(15)30-10-16(23)22-13-8-11(19(25)28-2)7-12(9-13)20(26)29-3/h4-9H,10H2,1-3H3,(H2,21,24)(H,22,23). The Morgan fingerprint density at radius 1 is 0.933 bits per heavy atom. The Hall–Kier alpha value is -4.08. The number of ether oxygens (including phenoxy) is 4. The number of rotatable bonds is 8. The van der Waals surface area contributed by atoms with Gasteiger partial charge in [0.2, 0.25) is 0 Å². The van der Waals surface area contributed by atoms with Gasteiger partial charge in [0.25, 0.3) is 11.8 Å². The van der Waals surface area contributed by atoms with Crippen LogP contribution in [-0.4, -0.2) is 51.7 Å². The number of nitrogens with one attached hydrogen (secondary N) is 1.